The average Bonchev–Trinajstić information content (AvgIpc) is 2.74. The lowest BCUT2D eigenvalue weighted by molar-refractivity contribution is -0.131. The summed E-state index contributed by atoms with van der Waals surface area (Å²) in [5, 5.41) is 0. The van der Waals surface area contributed by atoms with Crippen molar-refractivity contribution in [2.45, 2.75) is 25.8 Å². The van der Waals surface area contributed by atoms with Crippen LogP contribution in [-0.4, -0.2) is 66.9 Å². The molecule has 5 nitrogen and oxygen atoms in total. The fourth-order valence-electron chi connectivity index (χ4n) is 1.97. The summed E-state index contributed by atoms with van der Waals surface area (Å²) in [6.07, 6.45) is 1.40. The molecule has 0 N–H and O–H groups in total. The molecule has 5 heteroatoms. The van der Waals surface area contributed by atoms with Gasteiger partial charge in [-0.2, -0.15) is 0 Å². The first-order valence-corrected chi connectivity index (χ1v) is 5.69. The number of rotatable bonds is 2. The largest absolute Gasteiger partial charge is 0.341 e. The van der Waals surface area contributed by atoms with Crippen molar-refractivity contribution in [1.82, 2.24) is 14.7 Å². The highest BCUT2D eigenvalue weighted by atomic mass is 16.2. The molecule has 1 atom stereocenters. The Kier molecular flexibility index (Phi) is 4.15. The molecule has 0 aromatic carbocycles. The highest BCUT2D eigenvalue weighted by molar-refractivity contribution is 5.77. The van der Waals surface area contributed by atoms with Gasteiger partial charge in [-0.05, 0) is 6.42 Å². The highest BCUT2D eigenvalue weighted by Gasteiger charge is 2.30. The van der Waals surface area contributed by atoms with Gasteiger partial charge in [-0.15, -0.1) is 0 Å². The lowest BCUT2D eigenvalue weighted by Crippen LogP contribution is -2.42. The number of likely N-dealkylation sites (tertiary alicyclic amines) is 1. The topological polar surface area (TPSA) is 43.9 Å². The Hall–Kier alpha value is -1.26. The van der Waals surface area contributed by atoms with E-state index in [4.69, 9.17) is 0 Å². The van der Waals surface area contributed by atoms with Crippen LogP contribution in [0.15, 0.2) is 0 Å². The molecule has 0 aliphatic carbocycles. The van der Waals surface area contributed by atoms with Crippen LogP contribution in [0.1, 0.15) is 19.8 Å². The van der Waals surface area contributed by atoms with Crippen LogP contribution in [0.25, 0.3) is 0 Å². The monoisotopic (exact) mass is 227 g/mol. The van der Waals surface area contributed by atoms with Crippen LogP contribution in [0.4, 0.5) is 4.79 Å². The van der Waals surface area contributed by atoms with Crippen molar-refractivity contribution >= 4 is 11.9 Å². The molecule has 0 radical (unpaired) electrons. The molecular weight excluding hydrogens is 206 g/mol. The van der Waals surface area contributed by atoms with Crippen LogP contribution in [0.3, 0.4) is 0 Å². The fraction of sp³-hybridized carbons (Fsp3) is 0.818. The van der Waals surface area contributed by atoms with E-state index < -0.39 is 0 Å². The quantitative estimate of drug-likeness (QED) is 0.694. The molecule has 3 amide bonds. The molecule has 0 bridgehead atoms. The first-order chi connectivity index (χ1) is 7.47. The van der Waals surface area contributed by atoms with E-state index in [1.165, 1.54) is 0 Å². The molecule has 1 heterocycles. The third-order valence-electron chi connectivity index (χ3n) is 3.06. The van der Waals surface area contributed by atoms with Crippen molar-refractivity contribution in [3.63, 3.8) is 0 Å². The van der Waals surface area contributed by atoms with Gasteiger partial charge in [0, 0.05) is 40.7 Å². The molecule has 1 fully saturated rings. The molecular formula is C11H21N3O2. The second-order valence-electron chi connectivity index (χ2n) is 4.42. The molecule has 0 spiro atoms. The standard InChI is InChI=1S/C11H21N3O2/c1-5-10(15)13(4)9-6-7-14(8-9)11(16)12(2)3/h9H,5-8H2,1-4H3. The number of carbonyl (C=O) groups excluding carboxylic acids is 2. The van der Waals surface area contributed by atoms with E-state index in [0.29, 0.717) is 13.0 Å². The van der Waals surface area contributed by atoms with E-state index in [-0.39, 0.29) is 18.0 Å². The first kappa shape index (κ1) is 12.8. The van der Waals surface area contributed by atoms with E-state index in [0.717, 1.165) is 13.0 Å². The van der Waals surface area contributed by atoms with Crippen LogP contribution in [-0.2, 0) is 4.79 Å². The summed E-state index contributed by atoms with van der Waals surface area (Å²) in [7, 11) is 5.31. The summed E-state index contributed by atoms with van der Waals surface area (Å²) in [5.41, 5.74) is 0. The second kappa shape index (κ2) is 5.18. The maximum atomic E-state index is 11.7. The maximum absolute atomic E-state index is 11.7. The molecule has 92 valence electrons. The zero-order chi connectivity index (χ0) is 12.3. The Labute approximate surface area is 97.0 Å². The molecule has 0 aromatic heterocycles. The van der Waals surface area contributed by atoms with Gasteiger partial charge in [-0.3, -0.25) is 4.79 Å². The Morgan fingerprint density at radius 1 is 1.31 bits per heavy atom. The number of urea groups is 1. The lowest BCUT2D eigenvalue weighted by atomic mass is 10.2. The number of hydrogen-bond acceptors (Lipinski definition) is 2. The summed E-state index contributed by atoms with van der Waals surface area (Å²) in [4.78, 5) is 28.4. The number of amides is 3. The average molecular weight is 227 g/mol. The highest BCUT2D eigenvalue weighted by Crippen LogP contribution is 2.16. The third-order valence-corrected chi connectivity index (χ3v) is 3.06. The van der Waals surface area contributed by atoms with Crippen molar-refractivity contribution in [3.05, 3.63) is 0 Å². The van der Waals surface area contributed by atoms with Gasteiger partial charge >= 0.3 is 6.03 Å². The molecule has 1 aliphatic heterocycles. The molecule has 16 heavy (non-hydrogen) atoms. The summed E-state index contributed by atoms with van der Waals surface area (Å²) >= 11 is 0. The predicted molar refractivity (Wildman–Crippen MR) is 62.1 cm³/mol. The minimum Gasteiger partial charge on any atom is -0.341 e. The number of nitrogens with zero attached hydrogens (tertiary/aromatic N) is 3. The van der Waals surface area contributed by atoms with Crippen LogP contribution in [0.2, 0.25) is 0 Å². The smallest absolute Gasteiger partial charge is 0.319 e. The van der Waals surface area contributed by atoms with Gasteiger partial charge in [0.2, 0.25) is 5.91 Å². The molecule has 0 saturated carbocycles. The molecule has 1 aliphatic rings. The van der Waals surface area contributed by atoms with Crippen LogP contribution >= 0.6 is 0 Å². The lowest BCUT2D eigenvalue weighted by Gasteiger charge is -2.25. The summed E-state index contributed by atoms with van der Waals surface area (Å²) in [6, 6.07) is 0.205. The number of likely N-dealkylation sites (N-methyl/N-ethyl adjacent to an activating group) is 1. The molecule has 1 saturated heterocycles. The van der Waals surface area contributed by atoms with Crippen molar-refractivity contribution in [2.24, 2.45) is 0 Å². The fourth-order valence-corrected chi connectivity index (χ4v) is 1.97. The van der Waals surface area contributed by atoms with Gasteiger partial charge in [0.1, 0.15) is 0 Å². The van der Waals surface area contributed by atoms with Crippen molar-refractivity contribution in [3.8, 4) is 0 Å². The van der Waals surface area contributed by atoms with Gasteiger partial charge in [-0.1, -0.05) is 6.92 Å². The zero-order valence-corrected chi connectivity index (χ0v) is 10.6. The third kappa shape index (κ3) is 2.65. The Morgan fingerprint density at radius 3 is 2.44 bits per heavy atom. The van der Waals surface area contributed by atoms with Crippen molar-refractivity contribution < 1.29 is 9.59 Å². The van der Waals surface area contributed by atoms with Gasteiger partial charge in [0.25, 0.3) is 0 Å². The van der Waals surface area contributed by atoms with Gasteiger partial charge < -0.3 is 14.7 Å². The van der Waals surface area contributed by atoms with Gasteiger partial charge in [0.05, 0.1) is 6.04 Å². The Morgan fingerprint density at radius 2 is 1.94 bits per heavy atom. The van der Waals surface area contributed by atoms with Gasteiger partial charge in [-0.25, -0.2) is 4.79 Å². The van der Waals surface area contributed by atoms with Gasteiger partial charge in [0.15, 0.2) is 0 Å². The van der Waals surface area contributed by atoms with Crippen LogP contribution < -0.4 is 0 Å². The molecule has 1 rings (SSSR count). The van der Waals surface area contributed by atoms with E-state index in [1.54, 1.807) is 28.8 Å². The predicted octanol–water partition coefficient (Wildman–Crippen LogP) is 0.611. The second-order valence-corrected chi connectivity index (χ2v) is 4.42. The van der Waals surface area contributed by atoms with Crippen molar-refractivity contribution in [1.29, 1.82) is 0 Å². The minimum absolute atomic E-state index is 0.0276. The molecule has 0 aromatic rings. The summed E-state index contributed by atoms with van der Waals surface area (Å²) in [6.45, 7) is 3.25. The molecule has 1 unspecified atom stereocenters. The SMILES string of the molecule is CCC(=O)N(C)C1CCN(C(=O)N(C)C)C1. The number of carbonyl (C=O) groups is 2. The van der Waals surface area contributed by atoms with Crippen LogP contribution in [0.5, 0.6) is 0 Å². The maximum Gasteiger partial charge on any atom is 0.319 e. The normalized spacial score (nSPS) is 19.8. The Balaban J connectivity index is 2.52. The summed E-state index contributed by atoms with van der Waals surface area (Å²) in [5.74, 6) is 0.143. The van der Waals surface area contributed by atoms with E-state index >= 15 is 0 Å². The van der Waals surface area contributed by atoms with E-state index in [9.17, 15) is 9.59 Å². The number of hydrogen-bond donors (Lipinski definition) is 0. The van der Waals surface area contributed by atoms with Crippen LogP contribution in [0, 0.1) is 0 Å². The Bertz CT molecular complexity index is 278. The van der Waals surface area contributed by atoms with E-state index in [1.807, 2.05) is 14.0 Å². The van der Waals surface area contributed by atoms with E-state index in [2.05, 4.69) is 0 Å². The summed E-state index contributed by atoms with van der Waals surface area (Å²) < 4.78 is 0. The van der Waals surface area contributed by atoms with Crippen molar-refractivity contribution in [2.75, 3.05) is 34.2 Å². The first-order valence-electron chi connectivity index (χ1n) is 5.69. The minimum atomic E-state index is 0.0276. The zero-order valence-electron chi connectivity index (χ0n) is 10.6.